The Morgan fingerprint density at radius 2 is 2.20 bits per heavy atom. The molecule has 0 aromatic heterocycles. The number of nitro benzene ring substituents is 1. The number of nitro groups is 1. The fraction of sp³-hybridized carbons (Fsp3) is 0.500. The Labute approximate surface area is 118 Å². The van der Waals surface area contributed by atoms with Gasteiger partial charge in [-0.1, -0.05) is 25.5 Å². The Morgan fingerprint density at radius 3 is 2.85 bits per heavy atom. The van der Waals surface area contributed by atoms with Crippen LogP contribution in [0.1, 0.15) is 30.9 Å². The van der Waals surface area contributed by atoms with Crippen LogP contribution in [0.5, 0.6) is 0 Å². The average molecular weight is 280 g/mol. The first-order valence-corrected chi connectivity index (χ1v) is 6.65. The largest absolute Gasteiger partial charge is 0.465 e. The summed E-state index contributed by atoms with van der Waals surface area (Å²) in [6, 6.07) is 4.91. The summed E-state index contributed by atoms with van der Waals surface area (Å²) in [5, 5.41) is 13.8. The zero-order valence-corrected chi connectivity index (χ0v) is 11.8. The minimum Gasteiger partial charge on any atom is -0.465 e. The van der Waals surface area contributed by atoms with Crippen LogP contribution < -0.4 is 5.32 Å². The molecule has 0 heterocycles. The van der Waals surface area contributed by atoms with E-state index in [0.717, 1.165) is 18.4 Å². The number of esters is 1. The molecule has 0 bridgehead atoms. The summed E-state index contributed by atoms with van der Waals surface area (Å²) in [4.78, 5) is 21.8. The molecule has 0 aliphatic rings. The van der Waals surface area contributed by atoms with E-state index in [0.29, 0.717) is 18.7 Å². The van der Waals surface area contributed by atoms with E-state index in [1.165, 1.54) is 6.07 Å². The lowest BCUT2D eigenvalue weighted by molar-refractivity contribution is -0.385. The number of hydrogen-bond donors (Lipinski definition) is 1. The molecular weight excluding hydrogens is 260 g/mol. The zero-order chi connectivity index (χ0) is 15.0. The van der Waals surface area contributed by atoms with Gasteiger partial charge in [-0.05, 0) is 18.9 Å². The average Bonchev–Trinajstić information content (AvgIpc) is 2.40. The van der Waals surface area contributed by atoms with Crippen molar-refractivity contribution in [1.29, 1.82) is 0 Å². The Balaban J connectivity index is 2.44. The van der Waals surface area contributed by atoms with Crippen LogP contribution in [0.4, 0.5) is 5.69 Å². The monoisotopic (exact) mass is 280 g/mol. The maximum Gasteiger partial charge on any atom is 0.319 e. The number of hydrogen-bond acceptors (Lipinski definition) is 5. The summed E-state index contributed by atoms with van der Waals surface area (Å²) in [5.74, 6) is -0.304. The number of benzene rings is 1. The predicted octanol–water partition coefficient (Wildman–Crippen LogP) is 2.34. The molecule has 6 heteroatoms. The van der Waals surface area contributed by atoms with E-state index in [1.54, 1.807) is 19.1 Å². The van der Waals surface area contributed by atoms with E-state index in [-0.39, 0.29) is 18.2 Å². The lowest BCUT2D eigenvalue weighted by Crippen LogP contribution is -2.25. The molecule has 1 rings (SSSR count). The third-order valence-corrected chi connectivity index (χ3v) is 2.96. The molecule has 0 spiro atoms. The standard InChI is InChI=1S/C14H20N2O4/c1-3-4-8-20-14(17)10-15-9-12-6-5-7-13(11(12)2)16(18)19/h5-7,15H,3-4,8-10H2,1-2H3. The summed E-state index contributed by atoms with van der Waals surface area (Å²) in [6.07, 6.45) is 1.84. The maximum atomic E-state index is 11.4. The van der Waals surface area contributed by atoms with Crippen LogP contribution in [0.25, 0.3) is 0 Å². The van der Waals surface area contributed by atoms with E-state index in [9.17, 15) is 14.9 Å². The minimum absolute atomic E-state index is 0.0924. The van der Waals surface area contributed by atoms with Crippen molar-refractivity contribution in [2.75, 3.05) is 13.2 Å². The highest BCUT2D eigenvalue weighted by Crippen LogP contribution is 2.20. The minimum atomic E-state index is -0.405. The van der Waals surface area contributed by atoms with Crippen molar-refractivity contribution in [2.24, 2.45) is 0 Å². The molecule has 0 amide bonds. The van der Waals surface area contributed by atoms with Crippen LogP contribution >= 0.6 is 0 Å². The van der Waals surface area contributed by atoms with Gasteiger partial charge in [0.2, 0.25) is 0 Å². The molecule has 0 atom stereocenters. The highest BCUT2D eigenvalue weighted by molar-refractivity contribution is 5.71. The second kappa shape index (κ2) is 8.27. The van der Waals surface area contributed by atoms with E-state index in [1.807, 2.05) is 6.92 Å². The Hall–Kier alpha value is -1.95. The van der Waals surface area contributed by atoms with Gasteiger partial charge in [-0.2, -0.15) is 0 Å². The number of ether oxygens (including phenoxy) is 1. The number of carbonyl (C=O) groups is 1. The van der Waals surface area contributed by atoms with Crippen molar-refractivity contribution < 1.29 is 14.5 Å². The fourth-order valence-electron chi connectivity index (χ4n) is 1.74. The Kier molecular flexibility index (Phi) is 6.66. The molecule has 20 heavy (non-hydrogen) atoms. The third-order valence-electron chi connectivity index (χ3n) is 2.96. The summed E-state index contributed by atoms with van der Waals surface area (Å²) < 4.78 is 5.00. The highest BCUT2D eigenvalue weighted by Gasteiger charge is 2.13. The first-order chi connectivity index (χ1) is 9.56. The normalized spacial score (nSPS) is 10.3. The molecule has 1 N–H and O–H groups in total. The molecule has 1 aromatic rings. The summed E-state index contributed by atoms with van der Waals surface area (Å²) in [6.45, 7) is 4.67. The number of carbonyl (C=O) groups excluding carboxylic acids is 1. The van der Waals surface area contributed by atoms with Crippen LogP contribution in [0.15, 0.2) is 18.2 Å². The zero-order valence-electron chi connectivity index (χ0n) is 11.8. The Morgan fingerprint density at radius 1 is 1.45 bits per heavy atom. The quantitative estimate of drug-likeness (QED) is 0.342. The van der Waals surface area contributed by atoms with Crippen molar-refractivity contribution in [3.8, 4) is 0 Å². The summed E-state index contributed by atoms with van der Waals surface area (Å²) >= 11 is 0. The van der Waals surface area contributed by atoms with Gasteiger partial charge in [0.05, 0.1) is 18.1 Å². The second-order valence-corrected chi connectivity index (χ2v) is 4.50. The first-order valence-electron chi connectivity index (χ1n) is 6.65. The lowest BCUT2D eigenvalue weighted by Gasteiger charge is -2.08. The van der Waals surface area contributed by atoms with Crippen LogP contribution in [0.3, 0.4) is 0 Å². The fourth-order valence-corrected chi connectivity index (χ4v) is 1.74. The van der Waals surface area contributed by atoms with Crippen molar-refractivity contribution in [1.82, 2.24) is 5.32 Å². The Bertz CT molecular complexity index is 474. The molecular formula is C14H20N2O4. The van der Waals surface area contributed by atoms with Gasteiger partial charge in [-0.15, -0.1) is 0 Å². The molecule has 0 saturated heterocycles. The van der Waals surface area contributed by atoms with Gasteiger partial charge in [0, 0.05) is 18.2 Å². The number of unbranched alkanes of at least 4 members (excludes halogenated alkanes) is 1. The highest BCUT2D eigenvalue weighted by atomic mass is 16.6. The second-order valence-electron chi connectivity index (χ2n) is 4.50. The molecule has 1 aromatic carbocycles. The van der Waals surface area contributed by atoms with Crippen molar-refractivity contribution >= 4 is 11.7 Å². The predicted molar refractivity (Wildman–Crippen MR) is 75.4 cm³/mol. The van der Waals surface area contributed by atoms with Gasteiger partial charge >= 0.3 is 5.97 Å². The topological polar surface area (TPSA) is 81.5 Å². The number of nitrogens with zero attached hydrogens (tertiary/aromatic N) is 1. The van der Waals surface area contributed by atoms with E-state index >= 15 is 0 Å². The van der Waals surface area contributed by atoms with E-state index in [4.69, 9.17) is 4.74 Å². The number of nitrogens with one attached hydrogen (secondary N) is 1. The first kappa shape index (κ1) is 16.1. The van der Waals surface area contributed by atoms with Gasteiger partial charge < -0.3 is 10.1 Å². The van der Waals surface area contributed by atoms with Crippen LogP contribution in [-0.4, -0.2) is 24.0 Å². The van der Waals surface area contributed by atoms with Gasteiger partial charge in [0.25, 0.3) is 5.69 Å². The summed E-state index contributed by atoms with van der Waals surface area (Å²) in [7, 11) is 0. The van der Waals surface area contributed by atoms with Crippen LogP contribution in [0, 0.1) is 17.0 Å². The van der Waals surface area contributed by atoms with Crippen molar-refractivity contribution in [3.63, 3.8) is 0 Å². The van der Waals surface area contributed by atoms with Crippen LogP contribution in [-0.2, 0) is 16.1 Å². The van der Waals surface area contributed by atoms with E-state index < -0.39 is 4.92 Å². The summed E-state index contributed by atoms with van der Waals surface area (Å²) in [5.41, 5.74) is 1.51. The number of rotatable bonds is 8. The maximum absolute atomic E-state index is 11.4. The molecule has 0 fully saturated rings. The van der Waals surface area contributed by atoms with E-state index in [2.05, 4.69) is 5.32 Å². The third kappa shape index (κ3) is 4.97. The molecule has 6 nitrogen and oxygen atoms in total. The van der Waals surface area contributed by atoms with Crippen molar-refractivity contribution in [3.05, 3.63) is 39.4 Å². The SMILES string of the molecule is CCCCOC(=O)CNCc1cccc([N+](=O)[O-])c1C. The van der Waals surface area contributed by atoms with Crippen LogP contribution in [0.2, 0.25) is 0 Å². The van der Waals surface area contributed by atoms with Gasteiger partial charge in [0.15, 0.2) is 0 Å². The lowest BCUT2D eigenvalue weighted by atomic mass is 10.1. The molecule has 0 radical (unpaired) electrons. The molecule has 0 aliphatic carbocycles. The smallest absolute Gasteiger partial charge is 0.319 e. The molecule has 0 aliphatic heterocycles. The van der Waals surface area contributed by atoms with Gasteiger partial charge in [0.1, 0.15) is 0 Å². The van der Waals surface area contributed by atoms with Gasteiger partial charge in [-0.25, -0.2) is 0 Å². The van der Waals surface area contributed by atoms with Gasteiger partial charge in [-0.3, -0.25) is 14.9 Å². The molecule has 110 valence electrons. The molecule has 0 unspecified atom stereocenters. The molecule has 0 saturated carbocycles. The van der Waals surface area contributed by atoms with Crippen molar-refractivity contribution in [2.45, 2.75) is 33.2 Å².